The van der Waals surface area contributed by atoms with Gasteiger partial charge in [-0.15, -0.1) is 0 Å². The van der Waals surface area contributed by atoms with E-state index in [9.17, 15) is 0 Å². The summed E-state index contributed by atoms with van der Waals surface area (Å²) in [5.41, 5.74) is 1.16. The normalized spacial score (nSPS) is 15.4. The van der Waals surface area contributed by atoms with E-state index in [1.807, 2.05) is 18.3 Å². The molecule has 2 rings (SSSR count). The second-order valence-corrected chi connectivity index (χ2v) is 3.49. The van der Waals surface area contributed by atoms with E-state index in [-0.39, 0.29) is 0 Å². The molecule has 1 aliphatic rings. The molecule has 0 fully saturated rings. The van der Waals surface area contributed by atoms with Crippen LogP contribution >= 0.6 is 0 Å². The highest BCUT2D eigenvalue weighted by molar-refractivity contribution is 5.84. The lowest BCUT2D eigenvalue weighted by Crippen LogP contribution is -2.30. The molecule has 1 N–H and O–H groups in total. The molecule has 4 nitrogen and oxygen atoms in total. The van der Waals surface area contributed by atoms with Crippen LogP contribution in [-0.4, -0.2) is 31.0 Å². The Hall–Kier alpha value is -1.58. The highest BCUT2D eigenvalue weighted by Crippen LogP contribution is 2.08. The van der Waals surface area contributed by atoms with Gasteiger partial charge < -0.3 is 10.1 Å². The van der Waals surface area contributed by atoms with E-state index in [1.165, 1.54) is 0 Å². The largest absolute Gasteiger partial charge is 0.481 e. The van der Waals surface area contributed by atoms with E-state index in [1.54, 1.807) is 7.11 Å². The fourth-order valence-electron chi connectivity index (χ4n) is 1.53. The zero-order chi connectivity index (χ0) is 10.5. The lowest BCUT2D eigenvalue weighted by atomic mass is 10.2. The summed E-state index contributed by atoms with van der Waals surface area (Å²) in [6.45, 7) is 1.97. The zero-order valence-corrected chi connectivity index (χ0v) is 8.86. The van der Waals surface area contributed by atoms with Crippen LogP contribution in [0.15, 0.2) is 23.3 Å². The molecule has 0 aromatic carbocycles. The molecule has 0 saturated carbocycles. The summed E-state index contributed by atoms with van der Waals surface area (Å²) in [6, 6.07) is 3.89. The van der Waals surface area contributed by atoms with Crippen LogP contribution in [0.1, 0.15) is 12.0 Å². The van der Waals surface area contributed by atoms with Gasteiger partial charge in [0.25, 0.3) is 0 Å². The van der Waals surface area contributed by atoms with Gasteiger partial charge >= 0.3 is 0 Å². The number of rotatable bonds is 3. The number of nitrogens with zero attached hydrogens (tertiary/aromatic N) is 2. The summed E-state index contributed by atoms with van der Waals surface area (Å²) in [5, 5.41) is 3.29. The van der Waals surface area contributed by atoms with Crippen molar-refractivity contribution in [2.75, 3.05) is 20.2 Å². The average Bonchev–Trinajstić information content (AvgIpc) is 2.31. The molecule has 15 heavy (non-hydrogen) atoms. The molecule has 0 aliphatic carbocycles. The lowest BCUT2D eigenvalue weighted by Gasteiger charge is -2.14. The van der Waals surface area contributed by atoms with Crippen molar-refractivity contribution in [3.63, 3.8) is 0 Å². The molecule has 1 aromatic rings. The standard InChI is InChI=1S/C11H15N3O/c1-15-11-4-3-9(8-14-11)7-10-12-5-2-6-13-10/h3-4,8H,2,5-7H2,1H3,(H,12,13). The van der Waals surface area contributed by atoms with Gasteiger partial charge in [-0.2, -0.15) is 0 Å². The third-order valence-corrected chi connectivity index (χ3v) is 2.34. The summed E-state index contributed by atoms with van der Waals surface area (Å²) in [4.78, 5) is 8.57. The highest BCUT2D eigenvalue weighted by Gasteiger charge is 2.05. The fraction of sp³-hybridized carbons (Fsp3) is 0.455. The number of nitrogens with one attached hydrogen (secondary N) is 1. The van der Waals surface area contributed by atoms with Gasteiger partial charge in [-0.1, -0.05) is 6.07 Å². The van der Waals surface area contributed by atoms with Crippen molar-refractivity contribution in [1.29, 1.82) is 0 Å². The first-order valence-corrected chi connectivity index (χ1v) is 5.14. The maximum atomic E-state index is 5.00. The van der Waals surface area contributed by atoms with Crippen LogP contribution in [-0.2, 0) is 6.42 Å². The average molecular weight is 205 g/mol. The van der Waals surface area contributed by atoms with Gasteiger partial charge in [-0.3, -0.25) is 4.99 Å². The molecular formula is C11H15N3O. The molecule has 2 heterocycles. The van der Waals surface area contributed by atoms with Crippen molar-refractivity contribution in [3.8, 4) is 5.88 Å². The van der Waals surface area contributed by atoms with Crippen molar-refractivity contribution < 1.29 is 4.74 Å². The number of pyridine rings is 1. The molecular weight excluding hydrogens is 190 g/mol. The van der Waals surface area contributed by atoms with Crippen molar-refractivity contribution in [2.24, 2.45) is 4.99 Å². The Labute approximate surface area is 89.4 Å². The fourth-order valence-corrected chi connectivity index (χ4v) is 1.53. The SMILES string of the molecule is COc1ccc(CC2=NCCCN2)cn1. The molecule has 0 amide bonds. The Morgan fingerprint density at radius 3 is 3.00 bits per heavy atom. The van der Waals surface area contributed by atoms with Gasteiger partial charge in [-0.25, -0.2) is 4.98 Å². The third kappa shape index (κ3) is 2.68. The van der Waals surface area contributed by atoms with Crippen molar-refractivity contribution in [1.82, 2.24) is 10.3 Å². The smallest absolute Gasteiger partial charge is 0.212 e. The minimum absolute atomic E-state index is 0.650. The van der Waals surface area contributed by atoms with Gasteiger partial charge in [0, 0.05) is 31.8 Å². The molecule has 1 aromatic heterocycles. The second kappa shape index (κ2) is 4.77. The Morgan fingerprint density at radius 1 is 1.47 bits per heavy atom. The number of hydrogen-bond donors (Lipinski definition) is 1. The van der Waals surface area contributed by atoms with E-state index in [2.05, 4.69) is 15.3 Å². The molecule has 0 saturated heterocycles. The molecule has 4 heteroatoms. The van der Waals surface area contributed by atoms with Gasteiger partial charge in [0.1, 0.15) is 5.84 Å². The molecule has 80 valence electrons. The van der Waals surface area contributed by atoms with Crippen LogP contribution < -0.4 is 10.1 Å². The number of aliphatic imine (C=N–C) groups is 1. The Bertz CT molecular complexity index is 345. The molecule has 1 aliphatic heterocycles. The second-order valence-electron chi connectivity index (χ2n) is 3.49. The van der Waals surface area contributed by atoms with Crippen molar-refractivity contribution in [3.05, 3.63) is 23.9 Å². The van der Waals surface area contributed by atoms with Gasteiger partial charge in [0.2, 0.25) is 5.88 Å². The monoisotopic (exact) mass is 205 g/mol. The quantitative estimate of drug-likeness (QED) is 0.801. The van der Waals surface area contributed by atoms with E-state index >= 15 is 0 Å². The summed E-state index contributed by atoms with van der Waals surface area (Å²) < 4.78 is 5.00. The number of methoxy groups -OCH3 is 1. The molecule has 0 bridgehead atoms. The van der Waals surface area contributed by atoms with Crippen LogP contribution in [0.3, 0.4) is 0 Å². The highest BCUT2D eigenvalue weighted by atomic mass is 16.5. The topological polar surface area (TPSA) is 46.5 Å². The molecule has 0 atom stereocenters. The Morgan fingerprint density at radius 2 is 2.40 bits per heavy atom. The van der Waals surface area contributed by atoms with E-state index < -0.39 is 0 Å². The van der Waals surface area contributed by atoms with Crippen LogP contribution in [0.2, 0.25) is 0 Å². The number of ether oxygens (including phenoxy) is 1. The zero-order valence-electron chi connectivity index (χ0n) is 8.86. The minimum Gasteiger partial charge on any atom is -0.481 e. The number of hydrogen-bond acceptors (Lipinski definition) is 4. The summed E-state index contributed by atoms with van der Waals surface area (Å²) in [7, 11) is 1.62. The maximum Gasteiger partial charge on any atom is 0.212 e. The number of amidine groups is 1. The van der Waals surface area contributed by atoms with Crippen molar-refractivity contribution >= 4 is 5.84 Å². The summed E-state index contributed by atoms with van der Waals surface area (Å²) >= 11 is 0. The lowest BCUT2D eigenvalue weighted by molar-refractivity contribution is 0.397. The first-order valence-electron chi connectivity index (χ1n) is 5.14. The van der Waals surface area contributed by atoms with E-state index in [0.29, 0.717) is 5.88 Å². The number of aromatic nitrogens is 1. The van der Waals surface area contributed by atoms with Gasteiger partial charge in [-0.05, 0) is 12.0 Å². The first kappa shape index (κ1) is 9.96. The van der Waals surface area contributed by atoms with Crippen LogP contribution in [0.4, 0.5) is 0 Å². The van der Waals surface area contributed by atoms with Gasteiger partial charge in [0.15, 0.2) is 0 Å². The molecule has 0 spiro atoms. The summed E-state index contributed by atoms with van der Waals surface area (Å²) in [5.74, 6) is 1.71. The predicted octanol–water partition coefficient (Wildman–Crippen LogP) is 1.02. The molecule has 0 unspecified atom stereocenters. The molecule has 0 radical (unpaired) electrons. The Balaban J connectivity index is 2.00. The third-order valence-electron chi connectivity index (χ3n) is 2.34. The van der Waals surface area contributed by atoms with Crippen LogP contribution in [0.5, 0.6) is 5.88 Å². The predicted molar refractivity (Wildman–Crippen MR) is 59.4 cm³/mol. The minimum atomic E-state index is 0.650. The van der Waals surface area contributed by atoms with Crippen LogP contribution in [0.25, 0.3) is 0 Å². The Kier molecular flexibility index (Phi) is 3.17. The van der Waals surface area contributed by atoms with E-state index in [0.717, 1.165) is 37.3 Å². The maximum absolute atomic E-state index is 5.00. The van der Waals surface area contributed by atoms with E-state index in [4.69, 9.17) is 4.74 Å². The van der Waals surface area contributed by atoms with Gasteiger partial charge in [0.05, 0.1) is 7.11 Å². The summed E-state index contributed by atoms with van der Waals surface area (Å²) in [6.07, 6.45) is 3.79. The van der Waals surface area contributed by atoms with Crippen LogP contribution in [0, 0.1) is 0 Å². The van der Waals surface area contributed by atoms with Crippen molar-refractivity contribution in [2.45, 2.75) is 12.8 Å². The first-order chi connectivity index (χ1) is 7.38.